The van der Waals surface area contributed by atoms with Crippen molar-refractivity contribution >= 4 is 32.7 Å². The van der Waals surface area contributed by atoms with Gasteiger partial charge >= 0.3 is 0 Å². The lowest BCUT2D eigenvalue weighted by Gasteiger charge is -2.37. The van der Waals surface area contributed by atoms with Gasteiger partial charge in [0.1, 0.15) is 0 Å². The highest BCUT2D eigenvalue weighted by atomic mass is 28.3. The number of carbonyl (C=O) groups is 4. The summed E-state index contributed by atoms with van der Waals surface area (Å²) in [5, 5.41) is 0. The van der Waals surface area contributed by atoms with Crippen molar-refractivity contribution in [2.75, 3.05) is 6.61 Å². The van der Waals surface area contributed by atoms with E-state index in [9.17, 15) is 19.2 Å². The summed E-state index contributed by atoms with van der Waals surface area (Å²) in [4.78, 5) is 47.9. The normalized spacial score (nSPS) is 25.9. The highest BCUT2D eigenvalue weighted by Gasteiger charge is 2.47. The maximum atomic E-state index is 12.0. The molecule has 3 rings (SSSR count). The molecule has 8 heteroatoms. The molecule has 21 heavy (non-hydrogen) atoms. The molecular formula is C13H14N2O5Si. The smallest absolute Gasteiger partial charge is 0.298 e. The van der Waals surface area contributed by atoms with Gasteiger partial charge in [-0.1, -0.05) is 0 Å². The Bertz CT molecular complexity index is 501. The van der Waals surface area contributed by atoms with E-state index in [1.54, 1.807) is 0 Å². The first-order valence-electron chi connectivity index (χ1n) is 6.81. The molecule has 1 fully saturated rings. The van der Waals surface area contributed by atoms with Gasteiger partial charge in [0, 0.05) is 30.9 Å². The molecule has 0 radical (unpaired) electrons. The van der Waals surface area contributed by atoms with Crippen molar-refractivity contribution in [3.05, 3.63) is 24.3 Å². The van der Waals surface area contributed by atoms with Crippen LogP contribution in [0.5, 0.6) is 0 Å². The van der Waals surface area contributed by atoms with E-state index in [1.165, 1.54) is 24.3 Å². The summed E-state index contributed by atoms with van der Waals surface area (Å²) in [6.07, 6.45) is 7.12. The lowest BCUT2D eigenvalue weighted by atomic mass is 10.2. The van der Waals surface area contributed by atoms with E-state index in [0.717, 1.165) is 22.0 Å². The molecule has 0 saturated carbocycles. The molecule has 3 heterocycles. The predicted octanol–water partition coefficient (Wildman–Crippen LogP) is -0.835. The molecule has 0 aromatic carbocycles. The molecular weight excluding hydrogens is 292 g/mol. The summed E-state index contributed by atoms with van der Waals surface area (Å²) < 4.78 is 7.81. The average Bonchev–Trinajstić information content (AvgIpc) is 2.98. The number of amides is 4. The summed E-state index contributed by atoms with van der Waals surface area (Å²) in [6, 6.07) is 0. The quantitative estimate of drug-likeness (QED) is 0.502. The molecule has 0 spiro atoms. The van der Waals surface area contributed by atoms with Gasteiger partial charge < -0.3 is 4.74 Å². The summed E-state index contributed by atoms with van der Waals surface area (Å²) >= 11 is 0. The maximum absolute atomic E-state index is 12.0. The molecule has 0 aliphatic carbocycles. The van der Waals surface area contributed by atoms with Gasteiger partial charge in [-0.15, -0.1) is 0 Å². The zero-order valence-corrected chi connectivity index (χ0v) is 12.4. The summed E-state index contributed by atoms with van der Waals surface area (Å²) in [5.74, 6) is -1.90. The molecule has 3 aliphatic rings. The SMILES string of the molecule is O=C1C=CC(=O)N1[SiH](C1CCCCO1)N1C(=O)C=CC1=O. The Morgan fingerprint density at radius 1 is 0.857 bits per heavy atom. The molecule has 1 saturated heterocycles. The number of rotatable bonds is 3. The van der Waals surface area contributed by atoms with Gasteiger partial charge in [0.25, 0.3) is 9.12 Å². The lowest BCUT2D eigenvalue weighted by molar-refractivity contribution is -0.134. The van der Waals surface area contributed by atoms with E-state index in [-0.39, 0.29) is 0 Å². The maximum Gasteiger partial charge on any atom is 0.298 e. The molecule has 1 unspecified atom stereocenters. The van der Waals surface area contributed by atoms with Crippen LogP contribution >= 0.6 is 0 Å². The highest BCUT2D eigenvalue weighted by Crippen LogP contribution is 2.24. The third-order valence-electron chi connectivity index (χ3n) is 3.76. The number of imide groups is 2. The molecule has 0 aromatic heterocycles. The Hall–Kier alpha value is -2.06. The zero-order chi connectivity index (χ0) is 15.0. The minimum atomic E-state index is -2.73. The second-order valence-electron chi connectivity index (χ2n) is 5.08. The fourth-order valence-electron chi connectivity index (χ4n) is 2.79. The molecule has 1 atom stereocenters. The van der Waals surface area contributed by atoms with Gasteiger partial charge in [-0.3, -0.25) is 28.3 Å². The molecule has 0 N–H and O–H groups in total. The monoisotopic (exact) mass is 306 g/mol. The van der Waals surface area contributed by atoms with E-state index in [1.807, 2.05) is 0 Å². The van der Waals surface area contributed by atoms with E-state index < -0.39 is 38.5 Å². The number of ether oxygens (including phenoxy) is 1. The Kier molecular flexibility index (Phi) is 3.56. The van der Waals surface area contributed by atoms with Crippen molar-refractivity contribution in [1.82, 2.24) is 9.13 Å². The topological polar surface area (TPSA) is 84.0 Å². The van der Waals surface area contributed by atoms with E-state index in [2.05, 4.69) is 0 Å². The van der Waals surface area contributed by atoms with Gasteiger partial charge in [0.15, 0.2) is 0 Å². The molecule has 4 amide bonds. The highest BCUT2D eigenvalue weighted by molar-refractivity contribution is 6.68. The minimum absolute atomic E-state index is 0.403. The Morgan fingerprint density at radius 2 is 1.33 bits per heavy atom. The van der Waals surface area contributed by atoms with Crippen LogP contribution in [0.2, 0.25) is 0 Å². The average molecular weight is 306 g/mol. The Morgan fingerprint density at radius 3 is 1.71 bits per heavy atom. The van der Waals surface area contributed by atoms with Crippen molar-refractivity contribution < 1.29 is 23.9 Å². The van der Waals surface area contributed by atoms with Crippen LogP contribution in [0.15, 0.2) is 24.3 Å². The van der Waals surface area contributed by atoms with Crippen LogP contribution in [0.3, 0.4) is 0 Å². The standard InChI is InChI=1S/C13H14N2O5Si/c16-9-4-5-10(17)14(9)21(13-3-1-2-8-20-13)15-11(18)6-7-12(15)19/h4-7,13,21H,1-3,8H2. The van der Waals surface area contributed by atoms with Gasteiger partial charge in [-0.05, 0) is 19.3 Å². The molecule has 0 aromatic rings. The van der Waals surface area contributed by atoms with Gasteiger partial charge in [-0.25, -0.2) is 0 Å². The number of nitrogens with zero attached hydrogens (tertiary/aromatic N) is 2. The minimum Gasteiger partial charge on any atom is -0.378 e. The van der Waals surface area contributed by atoms with Crippen LogP contribution in [0.4, 0.5) is 0 Å². The van der Waals surface area contributed by atoms with Crippen molar-refractivity contribution in [3.63, 3.8) is 0 Å². The molecule has 0 bridgehead atoms. The van der Waals surface area contributed by atoms with Crippen LogP contribution < -0.4 is 0 Å². The second kappa shape index (κ2) is 5.38. The van der Waals surface area contributed by atoms with Gasteiger partial charge in [0.2, 0.25) is 23.6 Å². The van der Waals surface area contributed by atoms with Crippen molar-refractivity contribution in [1.29, 1.82) is 0 Å². The van der Waals surface area contributed by atoms with Crippen LogP contribution in [0.1, 0.15) is 19.3 Å². The first-order chi connectivity index (χ1) is 10.1. The largest absolute Gasteiger partial charge is 0.378 e. The molecule has 7 nitrogen and oxygen atoms in total. The fourth-order valence-corrected chi connectivity index (χ4v) is 5.92. The third-order valence-corrected chi connectivity index (χ3v) is 7.03. The Labute approximate surface area is 122 Å². The molecule has 110 valence electrons. The van der Waals surface area contributed by atoms with Gasteiger partial charge in [0.05, 0.1) is 5.73 Å². The third kappa shape index (κ3) is 2.36. The summed E-state index contributed by atoms with van der Waals surface area (Å²) in [7, 11) is -2.73. The zero-order valence-electron chi connectivity index (χ0n) is 11.2. The van der Waals surface area contributed by atoms with Crippen molar-refractivity contribution in [2.24, 2.45) is 0 Å². The van der Waals surface area contributed by atoms with Crippen molar-refractivity contribution in [3.8, 4) is 0 Å². The fraction of sp³-hybridized carbons (Fsp3) is 0.385. The van der Waals surface area contributed by atoms with Crippen LogP contribution in [-0.4, -0.2) is 54.2 Å². The Balaban J connectivity index is 1.94. The van der Waals surface area contributed by atoms with Crippen LogP contribution in [-0.2, 0) is 23.9 Å². The second-order valence-corrected chi connectivity index (χ2v) is 7.68. The summed E-state index contributed by atoms with van der Waals surface area (Å²) in [5.41, 5.74) is -0.403. The van der Waals surface area contributed by atoms with Crippen LogP contribution in [0, 0.1) is 0 Å². The number of hydrogen-bond acceptors (Lipinski definition) is 5. The van der Waals surface area contributed by atoms with E-state index >= 15 is 0 Å². The van der Waals surface area contributed by atoms with Gasteiger partial charge in [-0.2, -0.15) is 0 Å². The number of carbonyl (C=O) groups excluding carboxylic acids is 4. The number of hydrogen-bond donors (Lipinski definition) is 0. The first-order valence-corrected chi connectivity index (χ1v) is 8.51. The first kappa shape index (κ1) is 13.9. The van der Waals surface area contributed by atoms with E-state index in [4.69, 9.17) is 4.74 Å². The summed E-state index contributed by atoms with van der Waals surface area (Å²) in [6.45, 7) is 0.515. The van der Waals surface area contributed by atoms with Crippen molar-refractivity contribution in [2.45, 2.75) is 25.0 Å². The lowest BCUT2D eigenvalue weighted by Crippen LogP contribution is -2.64. The van der Waals surface area contributed by atoms with Crippen LogP contribution in [0.25, 0.3) is 0 Å². The molecule has 3 aliphatic heterocycles. The predicted molar refractivity (Wildman–Crippen MR) is 72.7 cm³/mol. The van der Waals surface area contributed by atoms with E-state index in [0.29, 0.717) is 13.0 Å².